The molecule has 4 heteroatoms. The number of hydrogen-bond acceptors (Lipinski definition) is 2. The Hall–Kier alpha value is -0.670. The van der Waals surface area contributed by atoms with Gasteiger partial charge in [0.15, 0.2) is 0 Å². The summed E-state index contributed by atoms with van der Waals surface area (Å²) in [4.78, 5) is 0.979. The van der Waals surface area contributed by atoms with Crippen molar-refractivity contribution < 1.29 is 5.11 Å². The topological polar surface area (TPSA) is 20.2 Å². The van der Waals surface area contributed by atoms with Gasteiger partial charge in [0.25, 0.3) is 0 Å². The Morgan fingerprint density at radius 1 is 1.00 bits per heavy atom. The van der Waals surface area contributed by atoms with Crippen molar-refractivity contribution in [1.29, 1.82) is 0 Å². The second kappa shape index (κ2) is 6.48. The van der Waals surface area contributed by atoms with E-state index < -0.39 is 6.10 Å². The molecule has 2 aromatic rings. The van der Waals surface area contributed by atoms with E-state index in [1.807, 2.05) is 36.4 Å². The Balaban J connectivity index is 1.98. The van der Waals surface area contributed by atoms with Gasteiger partial charge in [0.2, 0.25) is 0 Å². The Morgan fingerprint density at radius 3 is 2.33 bits per heavy atom. The van der Waals surface area contributed by atoms with Gasteiger partial charge in [0, 0.05) is 15.7 Å². The molecule has 0 aromatic heterocycles. The van der Waals surface area contributed by atoms with Crippen LogP contribution in [0.1, 0.15) is 11.7 Å². The molecule has 2 rings (SSSR count). The molecule has 1 atom stereocenters. The largest absolute Gasteiger partial charge is 0.388 e. The van der Waals surface area contributed by atoms with Crippen LogP contribution >= 0.6 is 35.0 Å². The summed E-state index contributed by atoms with van der Waals surface area (Å²) in [5, 5.41) is 11.4. The fourth-order valence-electron chi connectivity index (χ4n) is 1.51. The van der Waals surface area contributed by atoms with Crippen molar-refractivity contribution in [2.75, 3.05) is 5.75 Å². The predicted molar refractivity (Wildman–Crippen MR) is 78.6 cm³/mol. The number of halogens is 2. The lowest BCUT2D eigenvalue weighted by atomic mass is 10.1. The zero-order valence-corrected chi connectivity index (χ0v) is 11.8. The maximum absolute atomic E-state index is 10.1. The molecule has 2 aromatic carbocycles. The molecule has 18 heavy (non-hydrogen) atoms. The third-order valence-electron chi connectivity index (χ3n) is 2.49. The summed E-state index contributed by atoms with van der Waals surface area (Å²) in [7, 11) is 0. The minimum atomic E-state index is -0.525. The van der Waals surface area contributed by atoms with Crippen LogP contribution < -0.4 is 0 Å². The Morgan fingerprint density at radius 2 is 1.67 bits per heavy atom. The van der Waals surface area contributed by atoms with Crippen LogP contribution in [0.25, 0.3) is 0 Å². The Labute approximate surface area is 121 Å². The molecule has 0 radical (unpaired) electrons. The van der Waals surface area contributed by atoms with Gasteiger partial charge in [-0.25, -0.2) is 0 Å². The highest BCUT2D eigenvalue weighted by molar-refractivity contribution is 7.99. The predicted octanol–water partition coefficient (Wildman–Crippen LogP) is 4.82. The zero-order valence-electron chi connectivity index (χ0n) is 9.51. The van der Waals surface area contributed by atoms with E-state index in [4.69, 9.17) is 23.2 Å². The van der Waals surface area contributed by atoms with Crippen molar-refractivity contribution in [3.63, 3.8) is 0 Å². The van der Waals surface area contributed by atoms with Crippen molar-refractivity contribution in [1.82, 2.24) is 0 Å². The molecular weight excluding hydrogens is 287 g/mol. The lowest BCUT2D eigenvalue weighted by Gasteiger charge is -2.11. The van der Waals surface area contributed by atoms with Gasteiger partial charge in [-0.1, -0.05) is 47.5 Å². The maximum atomic E-state index is 10.1. The lowest BCUT2D eigenvalue weighted by molar-refractivity contribution is 0.204. The third kappa shape index (κ3) is 3.66. The Bertz CT molecular complexity index is 513. The SMILES string of the molecule is OC(CSc1ccccc1Cl)c1ccc(Cl)cc1. The summed E-state index contributed by atoms with van der Waals surface area (Å²) in [6.45, 7) is 0. The number of thioether (sulfide) groups is 1. The number of hydrogen-bond donors (Lipinski definition) is 1. The number of benzene rings is 2. The van der Waals surface area contributed by atoms with Crippen LogP contribution in [-0.4, -0.2) is 10.9 Å². The summed E-state index contributed by atoms with van der Waals surface area (Å²) in [6.07, 6.45) is -0.525. The first-order valence-electron chi connectivity index (χ1n) is 5.47. The van der Waals surface area contributed by atoms with Crippen LogP contribution in [0.4, 0.5) is 0 Å². The van der Waals surface area contributed by atoms with Crippen LogP contribution in [0.5, 0.6) is 0 Å². The van der Waals surface area contributed by atoms with Crippen LogP contribution in [0, 0.1) is 0 Å². The first-order chi connectivity index (χ1) is 8.66. The molecule has 0 amide bonds. The van der Waals surface area contributed by atoms with Crippen LogP contribution in [0.15, 0.2) is 53.4 Å². The summed E-state index contributed by atoms with van der Waals surface area (Å²) in [5.74, 6) is 0.561. The highest BCUT2D eigenvalue weighted by atomic mass is 35.5. The van der Waals surface area contributed by atoms with Gasteiger partial charge in [0.1, 0.15) is 0 Å². The Kier molecular flexibility index (Phi) is 4.95. The molecular formula is C14H12Cl2OS. The van der Waals surface area contributed by atoms with Gasteiger partial charge < -0.3 is 5.11 Å². The van der Waals surface area contributed by atoms with Crippen molar-refractivity contribution in [2.45, 2.75) is 11.0 Å². The van der Waals surface area contributed by atoms with Crippen molar-refractivity contribution in [3.8, 4) is 0 Å². The van der Waals surface area contributed by atoms with Gasteiger partial charge in [-0.15, -0.1) is 11.8 Å². The first kappa shape index (κ1) is 13.8. The summed E-state index contributed by atoms with van der Waals surface area (Å²) >= 11 is 13.4. The molecule has 0 saturated heterocycles. The number of aliphatic hydroxyl groups excluding tert-OH is 1. The van der Waals surface area contributed by atoms with Gasteiger partial charge in [-0.05, 0) is 29.8 Å². The van der Waals surface area contributed by atoms with E-state index in [9.17, 15) is 5.11 Å². The molecule has 0 aliphatic rings. The summed E-state index contributed by atoms with van der Waals surface area (Å²) < 4.78 is 0. The van der Waals surface area contributed by atoms with Gasteiger partial charge >= 0.3 is 0 Å². The lowest BCUT2D eigenvalue weighted by Crippen LogP contribution is -2.00. The fraction of sp³-hybridized carbons (Fsp3) is 0.143. The van der Waals surface area contributed by atoms with Crippen molar-refractivity contribution >= 4 is 35.0 Å². The summed E-state index contributed by atoms with van der Waals surface area (Å²) in [6, 6.07) is 14.8. The molecule has 94 valence electrons. The van der Waals surface area contributed by atoms with E-state index >= 15 is 0 Å². The van der Waals surface area contributed by atoms with Crippen molar-refractivity contribution in [3.05, 3.63) is 64.1 Å². The molecule has 1 unspecified atom stereocenters. The number of aliphatic hydroxyl groups is 1. The van der Waals surface area contributed by atoms with Gasteiger partial charge in [0.05, 0.1) is 11.1 Å². The van der Waals surface area contributed by atoms with Crippen LogP contribution in [0.2, 0.25) is 10.0 Å². The highest BCUT2D eigenvalue weighted by Crippen LogP contribution is 2.30. The molecule has 1 nitrogen and oxygen atoms in total. The average Bonchev–Trinajstić information content (AvgIpc) is 2.38. The second-order valence-corrected chi connectivity index (χ2v) is 5.71. The van der Waals surface area contributed by atoms with E-state index in [-0.39, 0.29) is 0 Å². The van der Waals surface area contributed by atoms with E-state index in [2.05, 4.69) is 0 Å². The first-order valence-corrected chi connectivity index (χ1v) is 7.22. The quantitative estimate of drug-likeness (QED) is 0.817. The molecule has 0 aliphatic heterocycles. The van der Waals surface area contributed by atoms with Crippen molar-refractivity contribution in [2.24, 2.45) is 0 Å². The second-order valence-electron chi connectivity index (χ2n) is 3.81. The van der Waals surface area contributed by atoms with Crippen LogP contribution in [-0.2, 0) is 0 Å². The van der Waals surface area contributed by atoms with Crippen LogP contribution in [0.3, 0.4) is 0 Å². The molecule has 0 heterocycles. The maximum Gasteiger partial charge on any atom is 0.0883 e. The van der Waals surface area contributed by atoms with E-state index in [0.29, 0.717) is 15.8 Å². The molecule has 0 aliphatic carbocycles. The minimum Gasteiger partial charge on any atom is -0.388 e. The molecule has 0 fully saturated rings. The van der Waals surface area contributed by atoms with E-state index in [1.54, 1.807) is 12.1 Å². The highest BCUT2D eigenvalue weighted by Gasteiger charge is 2.09. The molecule has 1 N–H and O–H groups in total. The van der Waals surface area contributed by atoms with Gasteiger partial charge in [-0.3, -0.25) is 0 Å². The number of rotatable bonds is 4. The average molecular weight is 299 g/mol. The molecule has 0 spiro atoms. The minimum absolute atomic E-state index is 0.525. The monoisotopic (exact) mass is 298 g/mol. The molecule has 0 bridgehead atoms. The molecule has 0 saturated carbocycles. The smallest absolute Gasteiger partial charge is 0.0883 e. The fourth-order valence-corrected chi connectivity index (χ4v) is 2.85. The standard InChI is InChI=1S/C14H12Cl2OS/c15-11-7-5-10(6-8-11)13(17)9-18-14-4-2-1-3-12(14)16/h1-8,13,17H,9H2. The summed E-state index contributed by atoms with van der Waals surface area (Å²) in [5.41, 5.74) is 0.860. The zero-order chi connectivity index (χ0) is 13.0. The van der Waals surface area contributed by atoms with E-state index in [0.717, 1.165) is 10.5 Å². The normalized spacial score (nSPS) is 12.4. The van der Waals surface area contributed by atoms with Gasteiger partial charge in [-0.2, -0.15) is 0 Å². The van der Waals surface area contributed by atoms with E-state index in [1.165, 1.54) is 11.8 Å². The third-order valence-corrected chi connectivity index (χ3v) is 4.33.